The second kappa shape index (κ2) is 6.58. The maximum Gasteiger partial charge on any atom is 0.224 e. The Morgan fingerprint density at radius 3 is 2.85 bits per heavy atom. The van der Waals surface area contributed by atoms with Crippen LogP contribution in [0.15, 0.2) is 22.8 Å². The maximum absolute atomic E-state index is 12.4. The normalized spacial score (nSPS) is 16.8. The molecule has 1 heterocycles. The summed E-state index contributed by atoms with van der Waals surface area (Å²) in [5.41, 5.74) is 5.91. The Balaban J connectivity index is 1.97. The monoisotopic (exact) mass is 275 g/mol. The molecule has 0 aliphatic heterocycles. The van der Waals surface area contributed by atoms with Gasteiger partial charge in [-0.25, -0.2) is 0 Å². The molecule has 0 atom stereocenters. The van der Waals surface area contributed by atoms with E-state index in [1.54, 1.807) is 17.2 Å². The average molecular weight is 275 g/mol. The Bertz CT molecular complexity index is 470. The lowest BCUT2D eigenvalue weighted by atomic mass is 9.94. The van der Waals surface area contributed by atoms with Crippen LogP contribution in [0.1, 0.15) is 44.3 Å². The molecule has 108 valence electrons. The van der Waals surface area contributed by atoms with Gasteiger partial charge in [0.15, 0.2) is 0 Å². The summed E-state index contributed by atoms with van der Waals surface area (Å²) in [7, 11) is 0. The van der Waals surface area contributed by atoms with E-state index in [1.807, 2.05) is 6.07 Å². The molecule has 1 aromatic rings. The number of hydrogen-bond acceptors (Lipinski definition) is 4. The van der Waals surface area contributed by atoms with Gasteiger partial charge in [-0.05, 0) is 25.0 Å². The molecule has 1 aliphatic rings. The van der Waals surface area contributed by atoms with E-state index in [4.69, 9.17) is 15.4 Å². The predicted octanol–water partition coefficient (Wildman–Crippen LogP) is 2.18. The first-order valence-electron chi connectivity index (χ1n) is 7.09. The molecule has 1 saturated carbocycles. The van der Waals surface area contributed by atoms with E-state index < -0.39 is 0 Å². The van der Waals surface area contributed by atoms with Crippen molar-refractivity contribution in [2.45, 2.75) is 50.6 Å². The number of nitrogens with zero attached hydrogens (tertiary/aromatic N) is 2. The Hall–Kier alpha value is -1.80. The van der Waals surface area contributed by atoms with Gasteiger partial charge in [-0.15, -0.1) is 0 Å². The quantitative estimate of drug-likeness (QED) is 0.862. The average Bonchev–Trinajstić information content (AvgIpc) is 3.06. The molecule has 0 radical (unpaired) electrons. The Morgan fingerprint density at radius 2 is 2.25 bits per heavy atom. The van der Waals surface area contributed by atoms with Crippen molar-refractivity contribution in [1.29, 1.82) is 5.26 Å². The number of carbonyl (C=O) groups excluding carboxylic acids is 1. The SMILES string of the molecule is N#CCCN(Cc1ccco1)C(=O)CC1(N)CCCC1. The molecular weight excluding hydrogens is 254 g/mol. The first-order chi connectivity index (χ1) is 9.63. The van der Waals surface area contributed by atoms with Crippen molar-refractivity contribution in [2.75, 3.05) is 6.54 Å². The molecular formula is C15H21N3O2. The number of hydrogen-bond donors (Lipinski definition) is 1. The zero-order chi connectivity index (χ0) is 14.4. The van der Waals surface area contributed by atoms with E-state index >= 15 is 0 Å². The molecule has 0 saturated heterocycles. The van der Waals surface area contributed by atoms with Gasteiger partial charge in [-0.3, -0.25) is 4.79 Å². The fourth-order valence-electron chi connectivity index (χ4n) is 2.74. The summed E-state index contributed by atoms with van der Waals surface area (Å²) in [6.07, 6.45) is 6.28. The topological polar surface area (TPSA) is 83.3 Å². The van der Waals surface area contributed by atoms with Crippen LogP contribution in [0, 0.1) is 11.3 Å². The first kappa shape index (κ1) is 14.6. The van der Waals surface area contributed by atoms with Gasteiger partial charge in [-0.2, -0.15) is 5.26 Å². The third kappa shape index (κ3) is 3.84. The van der Waals surface area contributed by atoms with Gasteiger partial charge >= 0.3 is 0 Å². The summed E-state index contributed by atoms with van der Waals surface area (Å²) in [5.74, 6) is 0.745. The fraction of sp³-hybridized carbons (Fsp3) is 0.600. The molecule has 5 heteroatoms. The van der Waals surface area contributed by atoms with E-state index in [0.29, 0.717) is 25.9 Å². The lowest BCUT2D eigenvalue weighted by Gasteiger charge is -2.27. The van der Waals surface area contributed by atoms with Crippen LogP contribution in [0.5, 0.6) is 0 Å². The first-order valence-corrected chi connectivity index (χ1v) is 7.09. The zero-order valence-electron chi connectivity index (χ0n) is 11.7. The van der Waals surface area contributed by atoms with Crippen LogP contribution in [-0.2, 0) is 11.3 Å². The summed E-state index contributed by atoms with van der Waals surface area (Å²) in [5, 5.41) is 8.72. The Kier molecular flexibility index (Phi) is 4.80. The molecule has 1 aromatic heterocycles. The highest BCUT2D eigenvalue weighted by molar-refractivity contribution is 5.77. The summed E-state index contributed by atoms with van der Waals surface area (Å²) in [4.78, 5) is 14.1. The van der Waals surface area contributed by atoms with Gasteiger partial charge < -0.3 is 15.1 Å². The second-order valence-electron chi connectivity index (χ2n) is 5.55. The number of nitrogens with two attached hydrogens (primary N) is 1. The third-order valence-electron chi connectivity index (χ3n) is 3.88. The standard InChI is InChI=1S/C15H21N3O2/c16-8-4-9-18(12-13-5-3-10-20-13)14(19)11-15(17)6-1-2-7-15/h3,5,10H,1-2,4,6-7,9,11-12,17H2. The highest BCUT2D eigenvalue weighted by atomic mass is 16.3. The maximum atomic E-state index is 12.4. The van der Waals surface area contributed by atoms with Crippen molar-refractivity contribution in [1.82, 2.24) is 4.90 Å². The van der Waals surface area contributed by atoms with E-state index in [-0.39, 0.29) is 11.4 Å². The molecule has 1 amide bonds. The molecule has 20 heavy (non-hydrogen) atoms. The molecule has 0 bridgehead atoms. The van der Waals surface area contributed by atoms with Crippen LogP contribution in [0.2, 0.25) is 0 Å². The number of rotatable bonds is 6. The van der Waals surface area contributed by atoms with Crippen molar-refractivity contribution in [2.24, 2.45) is 5.73 Å². The highest BCUT2D eigenvalue weighted by Gasteiger charge is 2.33. The lowest BCUT2D eigenvalue weighted by molar-refractivity contribution is -0.133. The van der Waals surface area contributed by atoms with Crippen LogP contribution >= 0.6 is 0 Å². The van der Waals surface area contributed by atoms with Gasteiger partial charge in [0.25, 0.3) is 0 Å². The predicted molar refractivity (Wildman–Crippen MR) is 74.4 cm³/mol. The fourth-order valence-corrected chi connectivity index (χ4v) is 2.74. The second-order valence-corrected chi connectivity index (χ2v) is 5.55. The number of furan rings is 1. The molecule has 0 spiro atoms. The molecule has 2 N–H and O–H groups in total. The van der Waals surface area contributed by atoms with Gasteiger partial charge in [0.1, 0.15) is 5.76 Å². The van der Waals surface area contributed by atoms with E-state index in [0.717, 1.165) is 31.4 Å². The van der Waals surface area contributed by atoms with E-state index in [9.17, 15) is 4.79 Å². The number of nitriles is 1. The minimum atomic E-state index is -0.356. The van der Waals surface area contributed by atoms with Crippen LogP contribution in [-0.4, -0.2) is 22.9 Å². The number of carbonyl (C=O) groups is 1. The minimum absolute atomic E-state index is 0.0149. The van der Waals surface area contributed by atoms with Crippen LogP contribution in [0.4, 0.5) is 0 Å². The van der Waals surface area contributed by atoms with Crippen molar-refractivity contribution < 1.29 is 9.21 Å². The summed E-state index contributed by atoms with van der Waals surface area (Å²) in [6.45, 7) is 0.829. The zero-order valence-corrected chi connectivity index (χ0v) is 11.7. The van der Waals surface area contributed by atoms with E-state index in [1.165, 1.54) is 0 Å². The molecule has 0 aromatic carbocycles. The molecule has 1 fully saturated rings. The van der Waals surface area contributed by atoms with Gasteiger partial charge in [-0.1, -0.05) is 12.8 Å². The number of amides is 1. The van der Waals surface area contributed by atoms with Gasteiger partial charge in [0.05, 0.1) is 25.3 Å². The van der Waals surface area contributed by atoms with Crippen LogP contribution < -0.4 is 5.73 Å². The van der Waals surface area contributed by atoms with Gasteiger partial charge in [0, 0.05) is 18.5 Å². The summed E-state index contributed by atoms with van der Waals surface area (Å²) >= 11 is 0. The molecule has 5 nitrogen and oxygen atoms in total. The molecule has 2 rings (SSSR count). The van der Waals surface area contributed by atoms with Crippen molar-refractivity contribution >= 4 is 5.91 Å². The minimum Gasteiger partial charge on any atom is -0.467 e. The smallest absolute Gasteiger partial charge is 0.224 e. The van der Waals surface area contributed by atoms with Crippen LogP contribution in [0.25, 0.3) is 0 Å². The third-order valence-corrected chi connectivity index (χ3v) is 3.88. The van der Waals surface area contributed by atoms with Crippen molar-refractivity contribution in [3.05, 3.63) is 24.2 Å². The molecule has 0 unspecified atom stereocenters. The van der Waals surface area contributed by atoms with Crippen molar-refractivity contribution in [3.63, 3.8) is 0 Å². The summed E-state index contributed by atoms with van der Waals surface area (Å²) in [6, 6.07) is 5.71. The Labute approximate surface area is 119 Å². The lowest BCUT2D eigenvalue weighted by Crippen LogP contribution is -2.43. The highest BCUT2D eigenvalue weighted by Crippen LogP contribution is 2.30. The Morgan fingerprint density at radius 1 is 1.50 bits per heavy atom. The van der Waals surface area contributed by atoms with Crippen molar-refractivity contribution in [3.8, 4) is 6.07 Å². The summed E-state index contributed by atoms with van der Waals surface area (Å²) < 4.78 is 5.28. The molecule has 1 aliphatic carbocycles. The van der Waals surface area contributed by atoms with E-state index in [2.05, 4.69) is 6.07 Å². The van der Waals surface area contributed by atoms with Crippen LogP contribution in [0.3, 0.4) is 0 Å². The largest absolute Gasteiger partial charge is 0.467 e. The van der Waals surface area contributed by atoms with Gasteiger partial charge in [0.2, 0.25) is 5.91 Å².